The van der Waals surface area contributed by atoms with E-state index in [9.17, 15) is 0 Å². The highest BCUT2D eigenvalue weighted by Crippen LogP contribution is 2.48. The van der Waals surface area contributed by atoms with E-state index in [1.165, 1.54) is 19.3 Å². The summed E-state index contributed by atoms with van der Waals surface area (Å²) in [4.78, 5) is 5.22. The molecule has 90 valence electrons. The Morgan fingerprint density at radius 3 is 3.25 bits per heavy atom. The lowest BCUT2D eigenvalue weighted by atomic mass is 9.82. The third-order valence-electron chi connectivity index (χ3n) is 4.12. The van der Waals surface area contributed by atoms with Crippen molar-refractivity contribution in [3.63, 3.8) is 0 Å². The van der Waals surface area contributed by atoms with Gasteiger partial charge in [0.2, 0.25) is 0 Å². The minimum atomic E-state index is 0.394. The van der Waals surface area contributed by atoms with Gasteiger partial charge in [-0.15, -0.1) is 0 Å². The highest BCUT2D eigenvalue weighted by atomic mass is 16.5. The summed E-state index contributed by atoms with van der Waals surface area (Å²) in [6.07, 6.45) is 3.98. The summed E-state index contributed by atoms with van der Waals surface area (Å²) in [6.45, 7) is 4.64. The molecule has 16 heavy (non-hydrogen) atoms. The Morgan fingerprint density at radius 2 is 2.50 bits per heavy atom. The highest BCUT2D eigenvalue weighted by molar-refractivity contribution is 5.00. The fourth-order valence-electron chi connectivity index (χ4n) is 3.45. The van der Waals surface area contributed by atoms with Gasteiger partial charge in [0.25, 0.3) is 0 Å². The van der Waals surface area contributed by atoms with Crippen LogP contribution in [0.3, 0.4) is 0 Å². The highest BCUT2D eigenvalue weighted by Gasteiger charge is 2.48. The molecule has 2 unspecified atom stereocenters. The SMILES string of the molecule is COCC12CCCC1CN(CCN=[N+]=[N-])C2. The van der Waals surface area contributed by atoms with E-state index in [2.05, 4.69) is 14.9 Å². The molecule has 2 atom stereocenters. The average molecular weight is 224 g/mol. The van der Waals surface area contributed by atoms with Crippen molar-refractivity contribution >= 4 is 0 Å². The molecule has 0 aromatic carbocycles. The first-order valence-corrected chi connectivity index (χ1v) is 6.03. The largest absolute Gasteiger partial charge is 0.384 e. The number of nitrogens with zero attached hydrogens (tertiary/aromatic N) is 4. The van der Waals surface area contributed by atoms with Crippen molar-refractivity contribution in [3.8, 4) is 0 Å². The zero-order chi connectivity index (χ0) is 11.4. The maximum Gasteiger partial charge on any atom is 0.0534 e. The minimum absolute atomic E-state index is 0.394. The molecule has 2 aliphatic rings. The van der Waals surface area contributed by atoms with E-state index >= 15 is 0 Å². The van der Waals surface area contributed by atoms with E-state index in [0.717, 1.165) is 32.2 Å². The summed E-state index contributed by atoms with van der Waals surface area (Å²) in [5, 5.41) is 3.61. The van der Waals surface area contributed by atoms with Crippen LogP contribution in [0.1, 0.15) is 19.3 Å². The molecule has 1 aliphatic carbocycles. The molecule has 5 heteroatoms. The van der Waals surface area contributed by atoms with Crippen LogP contribution in [-0.2, 0) is 4.74 Å². The van der Waals surface area contributed by atoms with Crippen LogP contribution in [0, 0.1) is 11.3 Å². The van der Waals surface area contributed by atoms with Crippen molar-refractivity contribution < 1.29 is 4.74 Å². The van der Waals surface area contributed by atoms with Crippen LogP contribution in [0.5, 0.6) is 0 Å². The van der Waals surface area contributed by atoms with E-state index in [-0.39, 0.29) is 0 Å². The number of likely N-dealkylation sites (tertiary alicyclic amines) is 1. The lowest BCUT2D eigenvalue weighted by Crippen LogP contribution is -2.32. The molecule has 2 fully saturated rings. The molecule has 0 amide bonds. The Morgan fingerprint density at radius 1 is 1.62 bits per heavy atom. The Labute approximate surface area is 96.4 Å². The van der Waals surface area contributed by atoms with Gasteiger partial charge in [0.15, 0.2) is 0 Å². The number of methoxy groups -OCH3 is 1. The van der Waals surface area contributed by atoms with E-state index in [1.807, 2.05) is 0 Å². The van der Waals surface area contributed by atoms with E-state index in [4.69, 9.17) is 10.3 Å². The Hall–Kier alpha value is -0.770. The minimum Gasteiger partial charge on any atom is -0.384 e. The van der Waals surface area contributed by atoms with Gasteiger partial charge in [-0.05, 0) is 24.3 Å². The molecule has 1 heterocycles. The quantitative estimate of drug-likeness (QED) is 0.407. The van der Waals surface area contributed by atoms with E-state index in [1.54, 1.807) is 7.11 Å². The number of fused-ring (bicyclic) bond motifs is 1. The molecule has 0 radical (unpaired) electrons. The van der Waals surface area contributed by atoms with Gasteiger partial charge < -0.3 is 9.64 Å². The first kappa shape index (κ1) is 11.7. The van der Waals surface area contributed by atoms with Gasteiger partial charge in [0.1, 0.15) is 0 Å². The second kappa shape index (κ2) is 5.04. The average Bonchev–Trinajstić information content (AvgIpc) is 2.75. The number of hydrogen-bond donors (Lipinski definition) is 0. The molecular weight excluding hydrogens is 204 g/mol. The molecule has 0 N–H and O–H groups in total. The topological polar surface area (TPSA) is 61.2 Å². The molecule has 1 saturated carbocycles. The molecule has 0 aromatic heterocycles. The second-order valence-electron chi connectivity index (χ2n) is 5.07. The first-order valence-electron chi connectivity index (χ1n) is 6.03. The maximum absolute atomic E-state index is 8.26. The predicted molar refractivity (Wildman–Crippen MR) is 62.1 cm³/mol. The summed E-state index contributed by atoms with van der Waals surface area (Å²) in [5.41, 5.74) is 8.65. The van der Waals surface area contributed by atoms with Crippen LogP contribution in [0.2, 0.25) is 0 Å². The van der Waals surface area contributed by atoms with Gasteiger partial charge in [-0.3, -0.25) is 0 Å². The fraction of sp³-hybridized carbons (Fsp3) is 1.00. The molecule has 0 aromatic rings. The van der Waals surface area contributed by atoms with E-state index < -0.39 is 0 Å². The van der Waals surface area contributed by atoms with Crippen LogP contribution >= 0.6 is 0 Å². The van der Waals surface area contributed by atoms with Crippen molar-refractivity contribution in [2.24, 2.45) is 16.4 Å². The maximum atomic E-state index is 8.26. The summed E-state index contributed by atoms with van der Waals surface area (Å²) < 4.78 is 5.40. The zero-order valence-corrected chi connectivity index (χ0v) is 9.93. The molecule has 2 rings (SSSR count). The molecule has 1 aliphatic heterocycles. The Kier molecular flexibility index (Phi) is 3.69. The van der Waals surface area contributed by atoms with Gasteiger partial charge in [-0.2, -0.15) is 0 Å². The number of ether oxygens (including phenoxy) is 1. The molecular formula is C11H20N4O. The van der Waals surface area contributed by atoms with Crippen molar-refractivity contribution in [2.75, 3.05) is 39.9 Å². The summed E-state index contributed by atoms with van der Waals surface area (Å²) in [5.74, 6) is 0.790. The van der Waals surface area contributed by atoms with Crippen molar-refractivity contribution in [1.82, 2.24) is 4.90 Å². The summed E-state index contributed by atoms with van der Waals surface area (Å²) in [6, 6.07) is 0. The molecule has 0 spiro atoms. The molecule has 1 saturated heterocycles. The smallest absolute Gasteiger partial charge is 0.0534 e. The van der Waals surface area contributed by atoms with Crippen LogP contribution in [0.15, 0.2) is 5.11 Å². The van der Waals surface area contributed by atoms with Crippen LogP contribution in [0.4, 0.5) is 0 Å². The zero-order valence-electron chi connectivity index (χ0n) is 9.93. The lowest BCUT2D eigenvalue weighted by Gasteiger charge is -2.27. The van der Waals surface area contributed by atoms with Crippen LogP contribution in [-0.4, -0.2) is 44.8 Å². The van der Waals surface area contributed by atoms with Gasteiger partial charge >= 0.3 is 0 Å². The number of rotatable bonds is 5. The van der Waals surface area contributed by atoms with E-state index in [0.29, 0.717) is 12.0 Å². The number of azide groups is 1. The van der Waals surface area contributed by atoms with Crippen LogP contribution in [0.25, 0.3) is 10.4 Å². The second-order valence-corrected chi connectivity index (χ2v) is 5.07. The normalized spacial score (nSPS) is 33.7. The Balaban J connectivity index is 1.91. The third-order valence-corrected chi connectivity index (χ3v) is 4.12. The van der Waals surface area contributed by atoms with Gasteiger partial charge in [-0.25, -0.2) is 0 Å². The molecule has 5 nitrogen and oxygen atoms in total. The predicted octanol–water partition coefficient (Wildman–Crippen LogP) is 2.05. The number of hydrogen-bond acceptors (Lipinski definition) is 3. The third kappa shape index (κ3) is 2.17. The summed E-state index contributed by atoms with van der Waals surface area (Å²) in [7, 11) is 1.80. The standard InChI is InChI=1S/C11H20N4O/c1-16-9-11-4-2-3-10(11)7-15(8-11)6-5-13-14-12/h10H,2-9H2,1H3. The lowest BCUT2D eigenvalue weighted by molar-refractivity contribution is 0.0706. The van der Waals surface area contributed by atoms with Crippen molar-refractivity contribution in [1.29, 1.82) is 0 Å². The first-order chi connectivity index (χ1) is 7.80. The summed E-state index contributed by atoms with van der Waals surface area (Å²) >= 11 is 0. The Bertz CT molecular complexity index is 290. The van der Waals surface area contributed by atoms with Crippen LogP contribution < -0.4 is 0 Å². The van der Waals surface area contributed by atoms with Crippen molar-refractivity contribution in [2.45, 2.75) is 19.3 Å². The van der Waals surface area contributed by atoms with Gasteiger partial charge in [0.05, 0.1) is 6.61 Å². The van der Waals surface area contributed by atoms with Crippen molar-refractivity contribution in [3.05, 3.63) is 10.4 Å². The van der Waals surface area contributed by atoms with Gasteiger partial charge in [0, 0.05) is 43.6 Å². The monoisotopic (exact) mass is 224 g/mol. The van der Waals surface area contributed by atoms with Gasteiger partial charge in [-0.1, -0.05) is 11.5 Å². The fourth-order valence-corrected chi connectivity index (χ4v) is 3.45. The molecule has 0 bridgehead atoms.